The predicted octanol–water partition coefficient (Wildman–Crippen LogP) is 3.77. The van der Waals surface area contributed by atoms with Crippen LogP contribution in [0.2, 0.25) is 5.02 Å². The van der Waals surface area contributed by atoms with E-state index in [4.69, 9.17) is 11.6 Å². The summed E-state index contributed by atoms with van der Waals surface area (Å²) in [6, 6.07) is 5.89. The molecule has 1 N–H and O–H groups in total. The van der Waals surface area contributed by atoms with Gasteiger partial charge in [0.25, 0.3) is 0 Å². The summed E-state index contributed by atoms with van der Waals surface area (Å²) < 4.78 is 0. The van der Waals surface area contributed by atoms with Gasteiger partial charge in [-0.3, -0.25) is 0 Å². The van der Waals surface area contributed by atoms with Crippen LogP contribution in [0, 0.1) is 0 Å². The Balaban J connectivity index is 2.19. The number of benzene rings is 1. The second-order valence-corrected chi connectivity index (χ2v) is 5.20. The smallest absolute Gasteiger partial charge is 0.0762 e. The summed E-state index contributed by atoms with van der Waals surface area (Å²) >= 11 is 6.31. The SMILES string of the molecule is CC(O)c1ccc(N2CCCCCC2)c(Cl)c1. The third-order valence-corrected chi connectivity index (χ3v) is 3.70. The van der Waals surface area contributed by atoms with Crippen LogP contribution < -0.4 is 4.90 Å². The van der Waals surface area contributed by atoms with E-state index in [0.29, 0.717) is 0 Å². The van der Waals surface area contributed by atoms with Crippen molar-refractivity contribution in [2.45, 2.75) is 38.7 Å². The van der Waals surface area contributed by atoms with Gasteiger partial charge in [0.2, 0.25) is 0 Å². The highest BCUT2D eigenvalue weighted by molar-refractivity contribution is 6.33. The molecule has 0 spiro atoms. The third kappa shape index (κ3) is 3.14. The molecule has 0 saturated carbocycles. The van der Waals surface area contributed by atoms with E-state index in [-0.39, 0.29) is 0 Å². The lowest BCUT2D eigenvalue weighted by Gasteiger charge is -2.24. The minimum Gasteiger partial charge on any atom is -0.389 e. The van der Waals surface area contributed by atoms with Crippen LogP contribution in [-0.4, -0.2) is 18.2 Å². The van der Waals surface area contributed by atoms with Crippen molar-refractivity contribution in [1.82, 2.24) is 0 Å². The van der Waals surface area contributed by atoms with Crippen LogP contribution >= 0.6 is 11.6 Å². The third-order valence-electron chi connectivity index (χ3n) is 3.40. The number of aliphatic hydroxyl groups excluding tert-OH is 1. The molecule has 2 rings (SSSR count). The first-order chi connectivity index (χ1) is 8.18. The average Bonchev–Trinajstić information content (AvgIpc) is 2.57. The van der Waals surface area contributed by atoms with Crippen molar-refractivity contribution in [3.8, 4) is 0 Å². The summed E-state index contributed by atoms with van der Waals surface area (Å²) in [7, 11) is 0. The Kier molecular flexibility index (Phi) is 4.30. The number of halogens is 1. The quantitative estimate of drug-likeness (QED) is 0.867. The van der Waals surface area contributed by atoms with Crippen molar-refractivity contribution < 1.29 is 5.11 Å². The topological polar surface area (TPSA) is 23.5 Å². The van der Waals surface area contributed by atoms with Gasteiger partial charge in [-0.15, -0.1) is 0 Å². The molecule has 0 aromatic heterocycles. The van der Waals surface area contributed by atoms with Gasteiger partial charge < -0.3 is 10.0 Å². The number of hydrogen-bond donors (Lipinski definition) is 1. The van der Waals surface area contributed by atoms with Crippen LogP contribution in [0.4, 0.5) is 5.69 Å². The zero-order valence-corrected chi connectivity index (χ0v) is 11.1. The summed E-state index contributed by atoms with van der Waals surface area (Å²) in [5.74, 6) is 0. The molecule has 2 nitrogen and oxygen atoms in total. The molecule has 1 unspecified atom stereocenters. The Morgan fingerprint density at radius 3 is 2.35 bits per heavy atom. The summed E-state index contributed by atoms with van der Waals surface area (Å²) in [6.45, 7) is 3.94. The monoisotopic (exact) mass is 253 g/mol. The summed E-state index contributed by atoms with van der Waals surface area (Å²) in [4.78, 5) is 2.36. The molecule has 0 amide bonds. The zero-order valence-electron chi connectivity index (χ0n) is 10.3. The molecule has 17 heavy (non-hydrogen) atoms. The minimum atomic E-state index is -0.453. The molecule has 1 aliphatic rings. The van der Waals surface area contributed by atoms with Gasteiger partial charge in [0.1, 0.15) is 0 Å². The lowest BCUT2D eigenvalue weighted by molar-refractivity contribution is 0.199. The maximum absolute atomic E-state index is 9.52. The van der Waals surface area contributed by atoms with Crippen molar-refractivity contribution in [3.05, 3.63) is 28.8 Å². The average molecular weight is 254 g/mol. The van der Waals surface area contributed by atoms with Crippen LogP contribution in [0.25, 0.3) is 0 Å². The molecule has 0 aliphatic carbocycles. The van der Waals surface area contributed by atoms with Crippen molar-refractivity contribution in [2.24, 2.45) is 0 Å². The molecule has 1 aliphatic heterocycles. The Hall–Kier alpha value is -0.730. The number of nitrogens with zero attached hydrogens (tertiary/aromatic N) is 1. The Morgan fingerprint density at radius 1 is 1.18 bits per heavy atom. The Morgan fingerprint density at radius 2 is 1.82 bits per heavy atom. The lowest BCUT2D eigenvalue weighted by atomic mass is 10.1. The van der Waals surface area contributed by atoms with Crippen LogP contribution in [0.1, 0.15) is 44.3 Å². The number of anilines is 1. The van der Waals surface area contributed by atoms with Crippen LogP contribution in [0.5, 0.6) is 0 Å². The summed E-state index contributed by atoms with van der Waals surface area (Å²) in [5, 5.41) is 10.3. The van der Waals surface area contributed by atoms with Crippen LogP contribution in [0.15, 0.2) is 18.2 Å². The molecule has 1 atom stereocenters. The highest BCUT2D eigenvalue weighted by atomic mass is 35.5. The lowest BCUT2D eigenvalue weighted by Crippen LogP contribution is -2.24. The summed E-state index contributed by atoms with van der Waals surface area (Å²) in [6.07, 6.45) is 4.67. The van der Waals surface area contributed by atoms with Crippen LogP contribution in [-0.2, 0) is 0 Å². The van der Waals surface area contributed by atoms with E-state index in [2.05, 4.69) is 4.90 Å². The molecular formula is C14H20ClNO. The van der Waals surface area contributed by atoms with E-state index < -0.39 is 6.10 Å². The fraction of sp³-hybridized carbons (Fsp3) is 0.571. The second-order valence-electron chi connectivity index (χ2n) is 4.79. The van der Waals surface area contributed by atoms with Crippen molar-refractivity contribution in [1.29, 1.82) is 0 Å². The number of aliphatic hydroxyl groups is 1. The maximum atomic E-state index is 9.52. The molecule has 3 heteroatoms. The second kappa shape index (κ2) is 5.74. The fourth-order valence-electron chi connectivity index (χ4n) is 2.35. The molecule has 1 saturated heterocycles. The molecule has 1 aromatic carbocycles. The van der Waals surface area contributed by atoms with Crippen molar-refractivity contribution in [2.75, 3.05) is 18.0 Å². The molecule has 0 radical (unpaired) electrons. The molecule has 94 valence electrons. The van der Waals surface area contributed by atoms with Gasteiger partial charge in [-0.2, -0.15) is 0 Å². The summed E-state index contributed by atoms with van der Waals surface area (Å²) in [5.41, 5.74) is 1.99. The van der Waals surface area contributed by atoms with Gasteiger partial charge in [-0.1, -0.05) is 30.5 Å². The predicted molar refractivity (Wildman–Crippen MR) is 72.8 cm³/mol. The normalized spacial score (nSPS) is 18.9. The van der Waals surface area contributed by atoms with E-state index in [0.717, 1.165) is 29.4 Å². The minimum absolute atomic E-state index is 0.453. The maximum Gasteiger partial charge on any atom is 0.0762 e. The molecule has 0 bridgehead atoms. The zero-order chi connectivity index (χ0) is 12.3. The first-order valence-electron chi connectivity index (χ1n) is 6.41. The van der Waals surface area contributed by atoms with Gasteiger partial charge in [0, 0.05) is 13.1 Å². The molecule has 1 aromatic rings. The highest BCUT2D eigenvalue weighted by Crippen LogP contribution is 2.30. The molecule has 1 heterocycles. The van der Waals surface area contributed by atoms with Crippen molar-refractivity contribution >= 4 is 17.3 Å². The molecular weight excluding hydrogens is 234 g/mol. The van der Waals surface area contributed by atoms with Gasteiger partial charge in [-0.05, 0) is 37.5 Å². The standard InChI is InChI=1S/C14H20ClNO/c1-11(17)12-6-7-14(13(15)10-12)16-8-4-2-3-5-9-16/h6-7,10-11,17H,2-5,8-9H2,1H3. The fourth-order valence-corrected chi connectivity index (χ4v) is 2.66. The van der Waals surface area contributed by atoms with E-state index >= 15 is 0 Å². The first kappa shape index (κ1) is 12.7. The first-order valence-corrected chi connectivity index (χ1v) is 6.79. The van der Waals surface area contributed by atoms with Crippen LogP contribution in [0.3, 0.4) is 0 Å². The van der Waals surface area contributed by atoms with E-state index in [9.17, 15) is 5.11 Å². The van der Waals surface area contributed by atoms with Gasteiger partial charge in [0.05, 0.1) is 16.8 Å². The number of rotatable bonds is 2. The number of hydrogen-bond acceptors (Lipinski definition) is 2. The largest absolute Gasteiger partial charge is 0.389 e. The van der Waals surface area contributed by atoms with Gasteiger partial charge in [-0.25, -0.2) is 0 Å². The van der Waals surface area contributed by atoms with E-state index in [1.54, 1.807) is 6.92 Å². The Labute approximate surface area is 108 Å². The van der Waals surface area contributed by atoms with E-state index in [1.165, 1.54) is 25.7 Å². The molecule has 1 fully saturated rings. The van der Waals surface area contributed by atoms with Gasteiger partial charge >= 0.3 is 0 Å². The van der Waals surface area contributed by atoms with Gasteiger partial charge in [0.15, 0.2) is 0 Å². The highest BCUT2D eigenvalue weighted by Gasteiger charge is 2.13. The Bertz CT molecular complexity index is 370. The van der Waals surface area contributed by atoms with E-state index in [1.807, 2.05) is 18.2 Å². The van der Waals surface area contributed by atoms with Crippen molar-refractivity contribution in [3.63, 3.8) is 0 Å².